The molecule has 1 aliphatic carbocycles. The van der Waals surface area contributed by atoms with Gasteiger partial charge in [-0.15, -0.1) is 0 Å². The first-order valence-electron chi connectivity index (χ1n) is 13.4. The highest BCUT2D eigenvalue weighted by Gasteiger charge is 2.43. The number of ether oxygens (including phenoxy) is 3. The van der Waals surface area contributed by atoms with Crippen LogP contribution in [0, 0.1) is 23.5 Å². The van der Waals surface area contributed by atoms with Crippen LogP contribution in [0.15, 0.2) is 41.9 Å². The Labute approximate surface area is 237 Å². The van der Waals surface area contributed by atoms with Crippen LogP contribution in [0.25, 0.3) is 0 Å². The number of amides is 1. The first-order chi connectivity index (χ1) is 19.3. The topological polar surface area (TPSA) is 98.4 Å². The third-order valence-corrected chi connectivity index (χ3v) is 8.20. The second-order valence-electron chi connectivity index (χ2n) is 10.5. The molecule has 0 radical (unpaired) electrons. The molecule has 214 valence electrons. The average Bonchev–Trinajstić information content (AvgIpc) is 3.67. The van der Waals surface area contributed by atoms with Gasteiger partial charge in [0, 0.05) is 31.1 Å². The Morgan fingerprint density at radius 1 is 1.23 bits per heavy atom. The molecule has 3 aliphatic rings. The lowest BCUT2D eigenvalue weighted by Gasteiger charge is -2.24. The molecule has 0 spiro atoms. The van der Waals surface area contributed by atoms with Crippen LogP contribution >= 0.6 is 11.6 Å². The predicted octanol–water partition coefficient (Wildman–Crippen LogP) is 5.38. The number of aliphatic imine (C=N–C) groups is 1. The lowest BCUT2D eigenvalue weighted by molar-refractivity contribution is -0.125. The van der Waals surface area contributed by atoms with Crippen molar-refractivity contribution in [3.05, 3.63) is 59.1 Å². The summed E-state index contributed by atoms with van der Waals surface area (Å²) in [5.41, 5.74) is 6.90. The molecule has 0 bridgehead atoms. The first kappa shape index (κ1) is 28.2. The highest BCUT2D eigenvalue weighted by atomic mass is 35.5. The van der Waals surface area contributed by atoms with Crippen molar-refractivity contribution in [2.75, 3.05) is 31.6 Å². The number of nitrogens with two attached hydrogens (primary N) is 1. The number of carbonyl (C=O) groups is 1. The number of benzene rings is 2. The summed E-state index contributed by atoms with van der Waals surface area (Å²) in [7, 11) is 0. The molecule has 2 aliphatic heterocycles. The average molecular weight is 575 g/mol. The second kappa shape index (κ2) is 12.0. The monoisotopic (exact) mass is 574 g/mol. The molecule has 2 heterocycles. The highest BCUT2D eigenvalue weighted by Crippen LogP contribution is 2.44. The van der Waals surface area contributed by atoms with Crippen LogP contribution in [0.5, 0.6) is 11.5 Å². The Morgan fingerprint density at radius 2 is 1.93 bits per heavy atom. The molecule has 2 unspecified atom stereocenters. The van der Waals surface area contributed by atoms with Gasteiger partial charge < -0.3 is 30.2 Å². The number of halogens is 3. The molecule has 2 aromatic carbocycles. The third kappa shape index (κ3) is 5.88. The van der Waals surface area contributed by atoms with E-state index in [9.17, 15) is 13.6 Å². The number of hydrogen-bond acceptors (Lipinski definition) is 6. The highest BCUT2D eigenvalue weighted by molar-refractivity contribution is 6.31. The summed E-state index contributed by atoms with van der Waals surface area (Å²) in [6.45, 7) is 7.90. The van der Waals surface area contributed by atoms with Crippen molar-refractivity contribution in [2.24, 2.45) is 22.6 Å². The van der Waals surface area contributed by atoms with E-state index in [0.29, 0.717) is 60.9 Å². The first-order valence-corrected chi connectivity index (χ1v) is 13.8. The fraction of sp³-hybridized carbons (Fsp3) is 0.448. The van der Waals surface area contributed by atoms with E-state index < -0.39 is 22.7 Å². The molecular weight excluding hydrogens is 542 g/mol. The van der Waals surface area contributed by atoms with Gasteiger partial charge in [-0.25, -0.2) is 13.8 Å². The molecule has 5 rings (SSSR count). The molecular formula is C29H33ClF2N4O4. The zero-order chi connectivity index (χ0) is 28.4. The summed E-state index contributed by atoms with van der Waals surface area (Å²) in [4.78, 5) is 18.3. The number of likely N-dealkylation sites (tertiary alicyclic amines) is 1. The van der Waals surface area contributed by atoms with E-state index in [1.54, 1.807) is 6.07 Å². The van der Waals surface area contributed by atoms with Gasteiger partial charge in [0.15, 0.2) is 17.3 Å². The second-order valence-corrected chi connectivity index (χ2v) is 10.9. The Kier molecular flexibility index (Phi) is 8.46. The summed E-state index contributed by atoms with van der Waals surface area (Å²) in [5.74, 6) is 0.00978. The summed E-state index contributed by atoms with van der Waals surface area (Å²) >= 11 is 5.79. The number of carbonyl (C=O) groups excluding carboxylic acids is 1. The van der Waals surface area contributed by atoms with Crippen molar-refractivity contribution in [2.45, 2.75) is 44.4 Å². The summed E-state index contributed by atoms with van der Waals surface area (Å²) in [5, 5.41) is 2.48. The summed E-state index contributed by atoms with van der Waals surface area (Å²) < 4.78 is 46.7. The number of rotatable bonds is 9. The SMILES string of the molecule is C=CC(=O)N1C[C@H]2CC(Oc3cc(C(C)Nc4ccc(F)c(Cl)c4F)c(N=CN)cc3O[C@H]3CCOC3)C[C@H]2C1. The maximum Gasteiger partial charge on any atom is 0.245 e. The van der Waals surface area contributed by atoms with Crippen molar-refractivity contribution >= 4 is 35.2 Å². The Morgan fingerprint density at radius 3 is 2.58 bits per heavy atom. The molecule has 2 saturated heterocycles. The summed E-state index contributed by atoms with van der Waals surface area (Å²) in [6.07, 6.45) is 4.71. The molecule has 40 heavy (non-hydrogen) atoms. The van der Waals surface area contributed by atoms with E-state index in [0.717, 1.165) is 25.3 Å². The van der Waals surface area contributed by atoms with Gasteiger partial charge in [0.1, 0.15) is 16.9 Å². The lowest BCUT2D eigenvalue weighted by Crippen LogP contribution is -2.29. The molecule has 3 N–H and O–H groups in total. The van der Waals surface area contributed by atoms with E-state index >= 15 is 0 Å². The number of nitrogens with one attached hydrogen (secondary N) is 1. The van der Waals surface area contributed by atoms with Gasteiger partial charge in [-0.2, -0.15) is 0 Å². The van der Waals surface area contributed by atoms with Crippen molar-refractivity contribution < 1.29 is 27.8 Å². The standard InChI is InChI=1S/C29H33ClF2N4O4/c1-3-27(37)36-12-17-8-20(9-18(17)13-36)40-25-10-21(16(2)35-23-5-4-22(31)28(30)29(23)32)24(34-15-33)11-26(25)39-19-6-7-38-14-19/h3-5,10-11,15-20,35H,1,6-9,12-14H2,2H3,(H2,33,34)/t16?,17-,18+,19-,20?/m0/s1. The van der Waals surface area contributed by atoms with Gasteiger partial charge in [0.25, 0.3) is 0 Å². The van der Waals surface area contributed by atoms with E-state index in [1.807, 2.05) is 17.9 Å². The Bertz CT molecular complexity index is 1290. The number of fused-ring (bicyclic) bond motifs is 1. The predicted molar refractivity (Wildman–Crippen MR) is 149 cm³/mol. The van der Waals surface area contributed by atoms with Crippen LogP contribution in [0.4, 0.5) is 20.2 Å². The molecule has 5 atom stereocenters. The van der Waals surface area contributed by atoms with Crippen LogP contribution in [-0.2, 0) is 9.53 Å². The minimum atomic E-state index is -0.878. The van der Waals surface area contributed by atoms with E-state index in [-0.39, 0.29) is 23.8 Å². The van der Waals surface area contributed by atoms with Crippen LogP contribution in [0.3, 0.4) is 0 Å². The van der Waals surface area contributed by atoms with E-state index in [2.05, 4.69) is 16.9 Å². The Hall–Kier alpha value is -3.37. The molecule has 3 fully saturated rings. The molecule has 0 aromatic heterocycles. The zero-order valence-electron chi connectivity index (χ0n) is 22.2. The van der Waals surface area contributed by atoms with Crippen LogP contribution in [-0.4, -0.2) is 55.7 Å². The van der Waals surface area contributed by atoms with Crippen molar-refractivity contribution in [1.82, 2.24) is 4.90 Å². The van der Waals surface area contributed by atoms with Gasteiger partial charge in [-0.05, 0) is 55.9 Å². The molecule has 8 nitrogen and oxygen atoms in total. The fourth-order valence-corrected chi connectivity index (χ4v) is 6.02. The lowest BCUT2D eigenvalue weighted by atomic mass is 10.0. The Balaban J connectivity index is 1.42. The van der Waals surface area contributed by atoms with Gasteiger partial charge in [-0.1, -0.05) is 18.2 Å². The number of hydrogen-bond donors (Lipinski definition) is 2. The number of anilines is 1. The molecule has 2 aromatic rings. The van der Waals surface area contributed by atoms with Gasteiger partial charge in [0.2, 0.25) is 5.91 Å². The number of nitrogens with zero attached hydrogens (tertiary/aromatic N) is 2. The van der Waals surface area contributed by atoms with Gasteiger partial charge >= 0.3 is 0 Å². The van der Waals surface area contributed by atoms with Gasteiger partial charge in [-0.3, -0.25) is 4.79 Å². The van der Waals surface area contributed by atoms with Crippen LogP contribution in [0.2, 0.25) is 5.02 Å². The van der Waals surface area contributed by atoms with Crippen molar-refractivity contribution in [1.29, 1.82) is 0 Å². The minimum Gasteiger partial charge on any atom is -0.487 e. The largest absolute Gasteiger partial charge is 0.487 e. The smallest absolute Gasteiger partial charge is 0.245 e. The quantitative estimate of drug-likeness (QED) is 0.181. The minimum absolute atomic E-state index is 0.0395. The van der Waals surface area contributed by atoms with E-state index in [1.165, 1.54) is 18.5 Å². The maximum absolute atomic E-state index is 14.7. The van der Waals surface area contributed by atoms with Crippen LogP contribution < -0.4 is 20.5 Å². The van der Waals surface area contributed by atoms with Crippen LogP contribution in [0.1, 0.15) is 37.8 Å². The molecule has 1 saturated carbocycles. The fourth-order valence-electron chi connectivity index (χ4n) is 5.85. The third-order valence-electron chi connectivity index (χ3n) is 7.85. The van der Waals surface area contributed by atoms with Gasteiger partial charge in [0.05, 0.1) is 43.1 Å². The van der Waals surface area contributed by atoms with Crippen molar-refractivity contribution in [3.8, 4) is 11.5 Å². The maximum atomic E-state index is 14.7. The van der Waals surface area contributed by atoms with Crippen molar-refractivity contribution in [3.63, 3.8) is 0 Å². The molecule has 1 amide bonds. The zero-order valence-corrected chi connectivity index (χ0v) is 23.0. The molecule has 11 heteroatoms. The summed E-state index contributed by atoms with van der Waals surface area (Å²) in [6, 6.07) is 5.51. The normalized spacial score (nSPS) is 24.8. The van der Waals surface area contributed by atoms with E-state index in [4.69, 9.17) is 31.5 Å².